The van der Waals surface area contributed by atoms with Crippen LogP contribution in [0, 0.1) is 5.82 Å². The van der Waals surface area contributed by atoms with E-state index in [2.05, 4.69) is 10.3 Å². The maximum atomic E-state index is 13.0. The van der Waals surface area contributed by atoms with Gasteiger partial charge in [0.05, 0.1) is 37.8 Å². The van der Waals surface area contributed by atoms with Gasteiger partial charge < -0.3 is 14.8 Å². The number of halogens is 1. The molecule has 0 bridgehead atoms. The molecule has 9 heteroatoms. The summed E-state index contributed by atoms with van der Waals surface area (Å²) < 4.78 is 24.1. The van der Waals surface area contributed by atoms with Crippen molar-refractivity contribution in [3.05, 3.63) is 64.9 Å². The lowest BCUT2D eigenvalue weighted by Crippen LogP contribution is -2.15. The summed E-state index contributed by atoms with van der Waals surface area (Å²) in [5, 5.41) is 4.59. The Morgan fingerprint density at radius 3 is 2.60 bits per heavy atom. The van der Waals surface area contributed by atoms with Gasteiger partial charge in [0.1, 0.15) is 17.3 Å². The highest BCUT2D eigenvalue weighted by Gasteiger charge is 2.13. The zero-order valence-electron chi connectivity index (χ0n) is 16.3. The number of amides is 1. The van der Waals surface area contributed by atoms with Crippen molar-refractivity contribution < 1.29 is 23.5 Å². The van der Waals surface area contributed by atoms with E-state index < -0.39 is 0 Å². The van der Waals surface area contributed by atoms with E-state index in [0.717, 1.165) is 0 Å². The van der Waals surface area contributed by atoms with Gasteiger partial charge in [-0.2, -0.15) is 0 Å². The van der Waals surface area contributed by atoms with Gasteiger partial charge in [-0.15, -0.1) is 11.3 Å². The second-order valence-electron chi connectivity index (χ2n) is 6.11. The number of carbonyl (C=O) groups is 2. The van der Waals surface area contributed by atoms with E-state index in [1.807, 2.05) is 0 Å². The smallest absolute Gasteiger partial charge is 0.230 e. The predicted octanol–water partition coefficient (Wildman–Crippen LogP) is 4.46. The number of rotatable bonds is 9. The lowest BCUT2D eigenvalue weighted by molar-refractivity contribution is -0.115. The van der Waals surface area contributed by atoms with Crippen molar-refractivity contribution in [1.82, 2.24) is 4.98 Å². The topological polar surface area (TPSA) is 77.5 Å². The second kappa shape index (κ2) is 10.2. The van der Waals surface area contributed by atoms with Crippen molar-refractivity contribution in [2.24, 2.45) is 0 Å². The molecule has 0 saturated carbocycles. The molecule has 1 aromatic heterocycles. The van der Waals surface area contributed by atoms with Gasteiger partial charge in [0.2, 0.25) is 5.91 Å². The molecule has 0 aliphatic heterocycles. The van der Waals surface area contributed by atoms with Gasteiger partial charge in [0, 0.05) is 17.0 Å². The van der Waals surface area contributed by atoms with Crippen LogP contribution in [-0.4, -0.2) is 36.6 Å². The molecule has 2 aromatic carbocycles. The average molecular weight is 447 g/mol. The van der Waals surface area contributed by atoms with Gasteiger partial charge >= 0.3 is 0 Å². The Hall–Kier alpha value is -2.91. The summed E-state index contributed by atoms with van der Waals surface area (Å²) in [6, 6.07) is 10.6. The van der Waals surface area contributed by atoms with E-state index in [4.69, 9.17) is 9.47 Å². The quantitative estimate of drug-likeness (QED) is 0.386. The number of hydrogen-bond acceptors (Lipinski definition) is 7. The molecule has 1 heterocycles. The van der Waals surface area contributed by atoms with E-state index in [9.17, 15) is 14.0 Å². The summed E-state index contributed by atoms with van der Waals surface area (Å²) in [5.74, 6) is 0.587. The number of methoxy groups -OCH3 is 2. The SMILES string of the molecule is COc1ccc(NC(=O)Cc2csc(SCC(=O)c3ccc(F)cc3)n2)c(OC)c1. The van der Waals surface area contributed by atoms with Gasteiger partial charge in [-0.1, -0.05) is 11.8 Å². The van der Waals surface area contributed by atoms with E-state index in [0.29, 0.717) is 32.8 Å². The van der Waals surface area contributed by atoms with Crippen LogP contribution < -0.4 is 14.8 Å². The van der Waals surface area contributed by atoms with Crippen molar-refractivity contribution >= 4 is 40.5 Å². The first-order valence-electron chi connectivity index (χ1n) is 8.86. The number of nitrogens with zero attached hydrogens (tertiary/aromatic N) is 1. The molecule has 0 aliphatic carbocycles. The number of carbonyl (C=O) groups excluding carboxylic acids is 2. The molecular formula is C21H19FN2O4S2. The Labute approximate surface area is 181 Å². The molecule has 0 radical (unpaired) electrons. The standard InChI is InChI=1S/C21H19FN2O4S2/c1-27-16-7-8-17(19(10-16)28-2)24-20(26)9-15-11-29-21(23-15)30-12-18(25)13-3-5-14(22)6-4-13/h3-8,10-11H,9,12H2,1-2H3,(H,24,26). The lowest BCUT2D eigenvalue weighted by Gasteiger charge is -2.11. The number of thioether (sulfide) groups is 1. The summed E-state index contributed by atoms with van der Waals surface area (Å²) in [4.78, 5) is 28.9. The summed E-state index contributed by atoms with van der Waals surface area (Å²) in [6.07, 6.45) is 0.0954. The fourth-order valence-corrected chi connectivity index (χ4v) is 4.28. The van der Waals surface area contributed by atoms with Crippen LogP contribution in [0.15, 0.2) is 52.2 Å². The first-order chi connectivity index (χ1) is 14.5. The molecule has 30 heavy (non-hydrogen) atoms. The Morgan fingerprint density at radius 1 is 1.13 bits per heavy atom. The third-order valence-corrected chi connectivity index (χ3v) is 6.12. The normalized spacial score (nSPS) is 10.5. The second-order valence-corrected chi connectivity index (χ2v) is 8.20. The van der Waals surface area contributed by atoms with Crippen LogP contribution in [0.25, 0.3) is 0 Å². The molecule has 0 spiro atoms. The number of thiazole rings is 1. The van der Waals surface area contributed by atoms with Gasteiger partial charge in [-0.25, -0.2) is 9.37 Å². The molecule has 3 aromatic rings. The van der Waals surface area contributed by atoms with Crippen LogP contribution in [-0.2, 0) is 11.2 Å². The van der Waals surface area contributed by atoms with Crippen LogP contribution in [0.2, 0.25) is 0 Å². The van der Waals surface area contributed by atoms with E-state index in [1.165, 1.54) is 54.5 Å². The van der Waals surface area contributed by atoms with Crippen LogP contribution in [0.5, 0.6) is 11.5 Å². The van der Waals surface area contributed by atoms with Crippen LogP contribution in [0.4, 0.5) is 10.1 Å². The third kappa shape index (κ3) is 5.80. The Balaban J connectivity index is 1.54. The molecule has 1 N–H and O–H groups in total. The number of ketones is 1. The van der Waals surface area contributed by atoms with Crippen LogP contribution in [0.1, 0.15) is 16.1 Å². The highest BCUT2D eigenvalue weighted by Crippen LogP contribution is 2.29. The third-order valence-electron chi connectivity index (χ3n) is 4.05. The Kier molecular flexibility index (Phi) is 7.42. The zero-order chi connectivity index (χ0) is 21.5. The van der Waals surface area contributed by atoms with Gasteiger partial charge in [-0.3, -0.25) is 9.59 Å². The monoisotopic (exact) mass is 446 g/mol. The summed E-state index contributed by atoms with van der Waals surface area (Å²) in [7, 11) is 3.07. The van der Waals surface area contributed by atoms with Crippen LogP contribution >= 0.6 is 23.1 Å². The number of aromatic nitrogens is 1. The highest BCUT2D eigenvalue weighted by molar-refractivity contribution is 8.01. The number of nitrogens with one attached hydrogen (secondary N) is 1. The van der Waals surface area contributed by atoms with Gasteiger partial charge in [0.15, 0.2) is 10.1 Å². The lowest BCUT2D eigenvalue weighted by atomic mass is 10.1. The zero-order valence-corrected chi connectivity index (χ0v) is 17.9. The minimum atomic E-state index is -0.380. The molecule has 1 amide bonds. The Morgan fingerprint density at radius 2 is 1.90 bits per heavy atom. The number of benzene rings is 2. The average Bonchev–Trinajstić information content (AvgIpc) is 3.19. The number of anilines is 1. The summed E-state index contributed by atoms with van der Waals surface area (Å²) in [5.41, 5.74) is 1.60. The van der Waals surface area contributed by atoms with Crippen molar-refractivity contribution in [3.8, 4) is 11.5 Å². The van der Waals surface area contributed by atoms with Crippen molar-refractivity contribution in [3.63, 3.8) is 0 Å². The maximum Gasteiger partial charge on any atom is 0.230 e. The minimum Gasteiger partial charge on any atom is -0.497 e. The van der Waals surface area contributed by atoms with Crippen LogP contribution in [0.3, 0.4) is 0 Å². The van der Waals surface area contributed by atoms with Gasteiger partial charge in [-0.05, 0) is 36.4 Å². The van der Waals surface area contributed by atoms with Gasteiger partial charge in [0.25, 0.3) is 0 Å². The van der Waals surface area contributed by atoms with E-state index in [1.54, 1.807) is 30.7 Å². The summed E-state index contributed by atoms with van der Waals surface area (Å²) >= 11 is 2.66. The molecule has 0 atom stereocenters. The van der Waals surface area contributed by atoms with E-state index >= 15 is 0 Å². The summed E-state index contributed by atoms with van der Waals surface area (Å²) in [6.45, 7) is 0. The molecule has 6 nitrogen and oxygen atoms in total. The molecule has 156 valence electrons. The van der Waals surface area contributed by atoms with Crippen molar-refractivity contribution in [1.29, 1.82) is 0 Å². The fraction of sp³-hybridized carbons (Fsp3) is 0.190. The molecular weight excluding hydrogens is 427 g/mol. The first kappa shape index (κ1) is 21.8. The molecule has 0 unspecified atom stereocenters. The maximum absolute atomic E-state index is 13.0. The van der Waals surface area contributed by atoms with Crippen molar-refractivity contribution in [2.45, 2.75) is 10.8 Å². The fourth-order valence-electron chi connectivity index (χ4n) is 2.54. The van der Waals surface area contributed by atoms with Crippen molar-refractivity contribution in [2.75, 3.05) is 25.3 Å². The molecule has 3 rings (SSSR count). The largest absolute Gasteiger partial charge is 0.497 e. The first-order valence-corrected chi connectivity index (χ1v) is 10.7. The molecule has 0 fully saturated rings. The highest BCUT2D eigenvalue weighted by atomic mass is 32.2. The number of ether oxygens (including phenoxy) is 2. The van der Waals surface area contributed by atoms with E-state index in [-0.39, 0.29) is 29.7 Å². The Bertz CT molecular complexity index is 1040. The molecule has 0 aliphatic rings. The minimum absolute atomic E-state index is 0.0954. The molecule has 0 saturated heterocycles. The predicted molar refractivity (Wildman–Crippen MR) is 115 cm³/mol. The number of Topliss-reactive ketones (excluding diaryl/α,β-unsaturated/α-hetero) is 1. The number of hydrogen-bond donors (Lipinski definition) is 1.